The van der Waals surface area contributed by atoms with E-state index in [1.54, 1.807) is 0 Å². The zero-order valence-corrected chi connectivity index (χ0v) is 11.0. The van der Waals surface area contributed by atoms with Crippen molar-refractivity contribution in [2.75, 3.05) is 11.5 Å². The van der Waals surface area contributed by atoms with Crippen LogP contribution in [0.1, 0.15) is 40.5 Å². The zero-order valence-electron chi connectivity index (χ0n) is 10.2. The summed E-state index contributed by atoms with van der Waals surface area (Å²) in [4.78, 5) is 0. The highest BCUT2D eigenvalue weighted by atomic mass is 32.2. The van der Waals surface area contributed by atoms with Gasteiger partial charge in [-0.25, -0.2) is 0 Å². The van der Waals surface area contributed by atoms with Gasteiger partial charge in [0.15, 0.2) is 0 Å². The van der Waals surface area contributed by atoms with Gasteiger partial charge in [0.25, 0.3) is 0 Å². The maximum absolute atomic E-state index is 6.07. The van der Waals surface area contributed by atoms with Gasteiger partial charge >= 0.3 is 7.12 Å². The van der Waals surface area contributed by atoms with Crippen LogP contribution in [0.25, 0.3) is 0 Å². The quantitative estimate of drug-likeness (QED) is 0.643. The molecule has 2 rings (SSSR count). The van der Waals surface area contributed by atoms with Gasteiger partial charge in [0.2, 0.25) is 0 Å². The smallest absolute Gasteiger partial charge is 0.403 e. The normalized spacial score (nSPS) is 30.8. The average molecular weight is 228 g/mol. The van der Waals surface area contributed by atoms with Gasteiger partial charge in [-0.3, -0.25) is 0 Å². The van der Waals surface area contributed by atoms with Crippen molar-refractivity contribution in [3.05, 3.63) is 0 Å². The molecule has 15 heavy (non-hydrogen) atoms. The molecule has 0 aromatic rings. The Labute approximate surface area is 97.6 Å². The molecule has 2 aliphatic rings. The van der Waals surface area contributed by atoms with E-state index in [1.165, 1.54) is 24.3 Å². The Kier molecular flexibility index (Phi) is 3.13. The molecule has 4 heteroatoms. The van der Waals surface area contributed by atoms with E-state index in [1.807, 2.05) is 11.8 Å². The second kappa shape index (κ2) is 3.97. The van der Waals surface area contributed by atoms with E-state index in [-0.39, 0.29) is 18.3 Å². The van der Waals surface area contributed by atoms with E-state index in [9.17, 15) is 0 Å². The van der Waals surface area contributed by atoms with Gasteiger partial charge in [0, 0.05) is 0 Å². The van der Waals surface area contributed by atoms with Crippen LogP contribution in [-0.2, 0) is 9.31 Å². The summed E-state index contributed by atoms with van der Waals surface area (Å²) in [5.41, 5.74) is -0.329. The highest BCUT2D eigenvalue weighted by Gasteiger charge is 2.53. The van der Waals surface area contributed by atoms with Crippen molar-refractivity contribution in [2.24, 2.45) is 0 Å². The van der Waals surface area contributed by atoms with Crippen LogP contribution in [0.5, 0.6) is 0 Å². The molecule has 0 aliphatic carbocycles. The molecule has 2 fully saturated rings. The van der Waals surface area contributed by atoms with Gasteiger partial charge in [-0.05, 0) is 57.9 Å². The molecule has 86 valence electrons. The SMILES string of the molecule is CC1(C)OB(C2CCSCC2)OC1(C)C. The van der Waals surface area contributed by atoms with E-state index in [4.69, 9.17) is 9.31 Å². The molecular weight excluding hydrogens is 207 g/mol. The third-order valence-electron chi connectivity index (χ3n) is 3.92. The third kappa shape index (κ3) is 2.22. The molecule has 0 saturated carbocycles. The molecule has 2 nitrogen and oxygen atoms in total. The van der Waals surface area contributed by atoms with Crippen LogP contribution in [0.3, 0.4) is 0 Å². The van der Waals surface area contributed by atoms with Gasteiger partial charge in [0.1, 0.15) is 0 Å². The minimum Gasteiger partial charge on any atom is -0.403 e. The molecule has 0 amide bonds. The van der Waals surface area contributed by atoms with Crippen LogP contribution in [0.4, 0.5) is 0 Å². The van der Waals surface area contributed by atoms with Crippen molar-refractivity contribution in [3.8, 4) is 0 Å². The summed E-state index contributed by atoms with van der Waals surface area (Å²) in [6.45, 7) is 8.52. The molecule has 0 radical (unpaired) electrons. The minimum atomic E-state index is -0.164. The van der Waals surface area contributed by atoms with Gasteiger partial charge in [-0.1, -0.05) is 0 Å². The van der Waals surface area contributed by atoms with E-state index < -0.39 is 0 Å². The second-order valence-corrected chi connectivity index (χ2v) is 6.80. The van der Waals surface area contributed by atoms with Crippen LogP contribution in [-0.4, -0.2) is 29.8 Å². The van der Waals surface area contributed by atoms with Crippen LogP contribution in [0.15, 0.2) is 0 Å². The largest absolute Gasteiger partial charge is 0.461 e. The van der Waals surface area contributed by atoms with Crippen molar-refractivity contribution >= 4 is 18.9 Å². The van der Waals surface area contributed by atoms with Gasteiger partial charge < -0.3 is 9.31 Å². The number of thioether (sulfide) groups is 1. The summed E-state index contributed by atoms with van der Waals surface area (Å²) in [5.74, 6) is 3.12. The molecular formula is C11H21BO2S. The predicted octanol–water partition coefficient (Wildman–Crippen LogP) is 2.98. The van der Waals surface area contributed by atoms with Crippen molar-refractivity contribution in [2.45, 2.75) is 57.6 Å². The van der Waals surface area contributed by atoms with Crippen molar-refractivity contribution in [1.82, 2.24) is 0 Å². The lowest BCUT2D eigenvalue weighted by atomic mass is 9.68. The van der Waals surface area contributed by atoms with E-state index in [2.05, 4.69) is 27.7 Å². The first-order chi connectivity index (χ1) is 6.92. The summed E-state index contributed by atoms with van der Waals surface area (Å²) in [6.07, 6.45) is 2.48. The first kappa shape index (κ1) is 11.8. The fourth-order valence-electron chi connectivity index (χ4n) is 2.07. The molecule has 0 spiro atoms. The Hall–Kier alpha value is 0.335. The molecule has 2 heterocycles. The number of hydrogen-bond acceptors (Lipinski definition) is 3. The number of rotatable bonds is 1. The van der Waals surface area contributed by atoms with Crippen LogP contribution >= 0.6 is 11.8 Å². The molecule has 2 aliphatic heterocycles. The van der Waals surface area contributed by atoms with Crippen molar-refractivity contribution < 1.29 is 9.31 Å². The Balaban J connectivity index is 2.02. The Morgan fingerprint density at radius 1 is 1.00 bits per heavy atom. The standard InChI is InChI=1S/C11H21BO2S/c1-10(2)11(3,4)14-12(13-10)9-5-7-15-8-6-9/h9H,5-8H2,1-4H3. The maximum Gasteiger partial charge on any atom is 0.461 e. The summed E-state index contributed by atoms with van der Waals surface area (Å²) < 4.78 is 12.1. The predicted molar refractivity (Wildman–Crippen MR) is 66.4 cm³/mol. The first-order valence-corrected chi connectivity index (χ1v) is 7.01. The molecule has 0 bridgehead atoms. The molecule has 0 unspecified atom stereocenters. The third-order valence-corrected chi connectivity index (χ3v) is 4.97. The van der Waals surface area contributed by atoms with Gasteiger partial charge in [0.05, 0.1) is 11.2 Å². The molecule has 0 aromatic heterocycles. The maximum atomic E-state index is 6.07. The Morgan fingerprint density at radius 3 is 1.93 bits per heavy atom. The summed E-state index contributed by atoms with van der Waals surface area (Å²) in [5, 5.41) is 0. The zero-order chi connectivity index (χ0) is 11.1. The Bertz CT molecular complexity index is 221. The second-order valence-electron chi connectivity index (χ2n) is 5.57. The van der Waals surface area contributed by atoms with Crippen molar-refractivity contribution in [3.63, 3.8) is 0 Å². The summed E-state index contributed by atoms with van der Waals surface area (Å²) in [6, 6.07) is 0. The van der Waals surface area contributed by atoms with E-state index in [0.717, 1.165) is 0 Å². The minimum absolute atomic E-state index is 0.0240. The molecule has 2 saturated heterocycles. The summed E-state index contributed by atoms with van der Waals surface area (Å²) >= 11 is 2.05. The highest BCUT2D eigenvalue weighted by Crippen LogP contribution is 2.43. The lowest BCUT2D eigenvalue weighted by Gasteiger charge is -2.32. The van der Waals surface area contributed by atoms with E-state index in [0.29, 0.717) is 5.82 Å². The topological polar surface area (TPSA) is 18.5 Å². The monoisotopic (exact) mass is 228 g/mol. The fraction of sp³-hybridized carbons (Fsp3) is 1.00. The highest BCUT2D eigenvalue weighted by molar-refractivity contribution is 7.99. The molecule has 0 aromatic carbocycles. The first-order valence-electron chi connectivity index (χ1n) is 5.86. The fourth-order valence-corrected chi connectivity index (χ4v) is 3.21. The molecule has 0 atom stereocenters. The van der Waals surface area contributed by atoms with Crippen LogP contribution < -0.4 is 0 Å². The molecule has 0 N–H and O–H groups in total. The van der Waals surface area contributed by atoms with Crippen LogP contribution in [0, 0.1) is 0 Å². The average Bonchev–Trinajstić information content (AvgIpc) is 2.38. The van der Waals surface area contributed by atoms with E-state index >= 15 is 0 Å². The van der Waals surface area contributed by atoms with Crippen molar-refractivity contribution in [1.29, 1.82) is 0 Å². The number of hydrogen-bond donors (Lipinski definition) is 0. The van der Waals surface area contributed by atoms with Gasteiger partial charge in [-0.2, -0.15) is 11.8 Å². The lowest BCUT2D eigenvalue weighted by Crippen LogP contribution is -2.41. The van der Waals surface area contributed by atoms with Gasteiger partial charge in [-0.15, -0.1) is 0 Å². The Morgan fingerprint density at radius 2 is 1.47 bits per heavy atom. The summed E-state index contributed by atoms with van der Waals surface area (Å²) in [7, 11) is 0.0240. The van der Waals surface area contributed by atoms with Crippen LogP contribution in [0.2, 0.25) is 5.82 Å². The lowest BCUT2D eigenvalue weighted by molar-refractivity contribution is 0.00578.